The van der Waals surface area contributed by atoms with E-state index in [1.807, 2.05) is 34.6 Å². The van der Waals surface area contributed by atoms with Gasteiger partial charge in [-0.2, -0.15) is 0 Å². The first-order chi connectivity index (χ1) is 9.88. The maximum atomic E-state index is 11.9. The normalized spacial score (nSPS) is 9.33. The summed E-state index contributed by atoms with van der Waals surface area (Å²) < 4.78 is 0. The molecule has 0 aliphatic heterocycles. The lowest BCUT2D eigenvalue weighted by Gasteiger charge is -2.27. The molecule has 3 amide bonds. The van der Waals surface area contributed by atoms with Gasteiger partial charge in [-0.15, -0.1) is 0 Å². The minimum Gasteiger partial charge on any atom is -0.356 e. The first-order valence-corrected chi connectivity index (χ1v) is 7.61. The second-order valence-electron chi connectivity index (χ2n) is 4.18. The highest BCUT2D eigenvalue weighted by Crippen LogP contribution is 2.06. The molecule has 0 heterocycles. The molecule has 0 radical (unpaired) electrons. The monoisotopic (exact) mass is 303 g/mol. The van der Waals surface area contributed by atoms with E-state index in [9.17, 15) is 14.4 Å². The van der Waals surface area contributed by atoms with Gasteiger partial charge in [-0.05, 0) is 27.8 Å². The first kappa shape index (κ1) is 24.6. The molecule has 0 bridgehead atoms. The molecule has 0 saturated heterocycles. The molecule has 2 N–H and O–H groups in total. The van der Waals surface area contributed by atoms with Gasteiger partial charge >= 0.3 is 0 Å². The van der Waals surface area contributed by atoms with Crippen LogP contribution >= 0.6 is 0 Å². The topological polar surface area (TPSA) is 78.5 Å². The molecular weight excluding hydrogens is 270 g/mol. The quantitative estimate of drug-likeness (QED) is 0.699. The van der Waals surface area contributed by atoms with Crippen LogP contribution in [-0.2, 0) is 14.4 Å². The Kier molecular flexibility index (Phi) is 17.5. The summed E-state index contributed by atoms with van der Waals surface area (Å²) in [4.78, 5) is 35.0. The van der Waals surface area contributed by atoms with E-state index < -0.39 is 5.54 Å². The average Bonchev–Trinajstić information content (AvgIpc) is 2.51. The van der Waals surface area contributed by atoms with E-state index in [4.69, 9.17) is 0 Å². The summed E-state index contributed by atoms with van der Waals surface area (Å²) in [6, 6.07) is 0. The van der Waals surface area contributed by atoms with Crippen LogP contribution in [0.5, 0.6) is 0 Å². The summed E-state index contributed by atoms with van der Waals surface area (Å²) in [5.41, 5.74) is -0.817. The molecule has 0 aliphatic carbocycles. The fraction of sp³-hybridized carbons (Fsp3) is 0.800. The van der Waals surface area contributed by atoms with E-state index in [1.54, 1.807) is 20.9 Å². The molecular formula is C15H33N3O3. The molecule has 0 saturated carbocycles. The first-order valence-electron chi connectivity index (χ1n) is 7.61. The number of amides is 3. The Bertz CT molecular complexity index is 292. The van der Waals surface area contributed by atoms with Crippen molar-refractivity contribution < 1.29 is 14.4 Å². The van der Waals surface area contributed by atoms with E-state index in [-0.39, 0.29) is 24.8 Å². The van der Waals surface area contributed by atoms with Crippen molar-refractivity contribution in [2.45, 2.75) is 60.4 Å². The van der Waals surface area contributed by atoms with Gasteiger partial charge < -0.3 is 10.6 Å². The van der Waals surface area contributed by atoms with Crippen molar-refractivity contribution in [3.8, 4) is 0 Å². The molecule has 0 rings (SSSR count). The minimum absolute atomic E-state index is 0.0965. The molecule has 21 heavy (non-hydrogen) atoms. The lowest BCUT2D eigenvalue weighted by atomic mass is 10.0. The third kappa shape index (κ3) is 11.0. The van der Waals surface area contributed by atoms with Gasteiger partial charge in [0.15, 0.2) is 0 Å². The second kappa shape index (κ2) is 15.0. The summed E-state index contributed by atoms with van der Waals surface area (Å²) in [5, 5.41) is 5.43. The van der Waals surface area contributed by atoms with Crippen LogP contribution in [0.3, 0.4) is 0 Å². The number of hydrogen-bond donors (Lipinski definition) is 2. The fourth-order valence-corrected chi connectivity index (χ4v) is 1.18. The summed E-state index contributed by atoms with van der Waals surface area (Å²) >= 11 is 0. The lowest BCUT2D eigenvalue weighted by Crippen LogP contribution is -2.53. The fourth-order valence-electron chi connectivity index (χ4n) is 1.18. The summed E-state index contributed by atoms with van der Waals surface area (Å²) in [5.74, 6) is -0.520. The highest BCUT2D eigenvalue weighted by molar-refractivity contribution is 5.93. The summed E-state index contributed by atoms with van der Waals surface area (Å²) in [6.45, 7) is 13.8. The third-order valence-electron chi connectivity index (χ3n) is 2.50. The standard InChI is InChI=1S/C11H21N3O3.2C2H6/c1-5-13-9(16)6-7-14(8-15)10(17)11(2,3)12-4;2*1-2/h8,12H,5-7H2,1-4H3,(H,13,16);2*1-2H3. The Labute approximate surface area is 129 Å². The molecule has 0 aromatic rings. The second-order valence-corrected chi connectivity index (χ2v) is 4.18. The zero-order valence-electron chi connectivity index (χ0n) is 14.9. The Hall–Kier alpha value is -1.43. The number of imide groups is 1. The number of hydrogen-bond acceptors (Lipinski definition) is 4. The van der Waals surface area contributed by atoms with Gasteiger partial charge in [-0.25, -0.2) is 0 Å². The molecule has 6 heteroatoms. The Morgan fingerprint density at radius 2 is 1.62 bits per heavy atom. The predicted octanol–water partition coefficient (Wildman–Crippen LogP) is 1.55. The van der Waals surface area contributed by atoms with Crippen LogP contribution < -0.4 is 10.6 Å². The zero-order chi connectivity index (χ0) is 17.5. The largest absolute Gasteiger partial charge is 0.356 e. The van der Waals surface area contributed by atoms with E-state index in [2.05, 4.69) is 10.6 Å². The van der Waals surface area contributed by atoms with Gasteiger partial charge in [-0.1, -0.05) is 27.7 Å². The van der Waals surface area contributed by atoms with Crippen LogP contribution in [0.4, 0.5) is 0 Å². The lowest BCUT2D eigenvalue weighted by molar-refractivity contribution is -0.142. The molecule has 0 aromatic heterocycles. The highest BCUT2D eigenvalue weighted by Gasteiger charge is 2.30. The van der Waals surface area contributed by atoms with Crippen LogP contribution in [0.25, 0.3) is 0 Å². The van der Waals surface area contributed by atoms with Crippen LogP contribution in [0.15, 0.2) is 0 Å². The molecule has 0 aromatic carbocycles. The van der Waals surface area contributed by atoms with Crippen LogP contribution in [0.1, 0.15) is 54.9 Å². The Morgan fingerprint density at radius 1 is 1.14 bits per heavy atom. The molecule has 0 spiro atoms. The average molecular weight is 303 g/mol. The zero-order valence-corrected chi connectivity index (χ0v) is 14.9. The molecule has 6 nitrogen and oxygen atoms in total. The van der Waals surface area contributed by atoms with Gasteiger partial charge in [0, 0.05) is 19.5 Å². The van der Waals surface area contributed by atoms with E-state index in [0.29, 0.717) is 13.0 Å². The van der Waals surface area contributed by atoms with Crippen molar-refractivity contribution >= 4 is 18.2 Å². The van der Waals surface area contributed by atoms with E-state index in [0.717, 1.165) is 4.90 Å². The SMILES string of the molecule is CC.CC.CCNC(=O)CCN(C=O)C(=O)C(C)(C)NC. The summed E-state index contributed by atoms with van der Waals surface area (Å²) in [7, 11) is 1.64. The Balaban J connectivity index is -0.000000739. The van der Waals surface area contributed by atoms with Crippen molar-refractivity contribution in [3.63, 3.8) is 0 Å². The van der Waals surface area contributed by atoms with Crippen LogP contribution in [-0.4, -0.2) is 48.8 Å². The number of carbonyl (C=O) groups is 3. The van der Waals surface area contributed by atoms with Gasteiger partial charge in [0.2, 0.25) is 18.2 Å². The molecule has 126 valence electrons. The number of nitrogens with one attached hydrogen (secondary N) is 2. The number of rotatable bonds is 7. The molecule has 0 atom stereocenters. The smallest absolute Gasteiger partial charge is 0.248 e. The maximum absolute atomic E-state index is 11.9. The third-order valence-corrected chi connectivity index (χ3v) is 2.50. The number of likely N-dealkylation sites (N-methyl/N-ethyl adjacent to an activating group) is 1. The van der Waals surface area contributed by atoms with Crippen molar-refractivity contribution in [2.24, 2.45) is 0 Å². The predicted molar refractivity (Wildman–Crippen MR) is 86.9 cm³/mol. The molecule has 0 unspecified atom stereocenters. The number of nitrogens with zero attached hydrogens (tertiary/aromatic N) is 1. The van der Waals surface area contributed by atoms with Gasteiger partial charge in [-0.3, -0.25) is 19.3 Å². The molecule has 0 fully saturated rings. The van der Waals surface area contributed by atoms with Crippen molar-refractivity contribution in [1.29, 1.82) is 0 Å². The highest BCUT2D eigenvalue weighted by atomic mass is 16.2. The molecule has 0 aliphatic rings. The van der Waals surface area contributed by atoms with Crippen LogP contribution in [0, 0.1) is 0 Å². The van der Waals surface area contributed by atoms with Crippen molar-refractivity contribution in [1.82, 2.24) is 15.5 Å². The maximum Gasteiger partial charge on any atom is 0.248 e. The van der Waals surface area contributed by atoms with Crippen LogP contribution in [0.2, 0.25) is 0 Å². The van der Waals surface area contributed by atoms with Gasteiger partial charge in [0.05, 0.1) is 5.54 Å². The van der Waals surface area contributed by atoms with Crippen molar-refractivity contribution in [2.75, 3.05) is 20.1 Å². The number of carbonyl (C=O) groups excluding carboxylic acids is 3. The summed E-state index contributed by atoms with van der Waals surface area (Å²) in [6.07, 6.45) is 0.582. The van der Waals surface area contributed by atoms with E-state index in [1.165, 1.54) is 0 Å². The van der Waals surface area contributed by atoms with Gasteiger partial charge in [0.1, 0.15) is 0 Å². The Morgan fingerprint density at radius 3 is 1.95 bits per heavy atom. The van der Waals surface area contributed by atoms with E-state index >= 15 is 0 Å². The van der Waals surface area contributed by atoms with Crippen molar-refractivity contribution in [3.05, 3.63) is 0 Å². The minimum atomic E-state index is -0.817. The van der Waals surface area contributed by atoms with Gasteiger partial charge in [0.25, 0.3) is 0 Å².